The number of hydrogen-bond acceptors (Lipinski definition) is 2. The minimum Gasteiger partial charge on any atom is -0.361 e. The van der Waals surface area contributed by atoms with Crippen LogP contribution in [0.3, 0.4) is 0 Å². The second-order valence-corrected chi connectivity index (χ2v) is 7.02. The Kier molecular flexibility index (Phi) is 5.02. The summed E-state index contributed by atoms with van der Waals surface area (Å²) in [5, 5.41) is 5.58. The average Bonchev–Trinajstić information content (AvgIpc) is 2.76. The minimum atomic E-state index is -0.736. The maximum atomic E-state index is 11.2. The number of fused-ring (bicyclic) bond motifs is 1. The van der Waals surface area contributed by atoms with Crippen molar-refractivity contribution in [3.63, 3.8) is 0 Å². The molecule has 0 fully saturated rings. The minimum absolute atomic E-state index is 0.245. The molecule has 1 aromatic carbocycles. The smallest absolute Gasteiger partial charge is 0.0472 e. The van der Waals surface area contributed by atoms with E-state index < -0.39 is 10.8 Å². The molecule has 3 nitrogen and oxygen atoms in total. The Morgan fingerprint density at radius 2 is 2.26 bits per heavy atom. The van der Waals surface area contributed by atoms with Gasteiger partial charge in [0.1, 0.15) is 0 Å². The molecule has 2 atom stereocenters. The zero-order valence-electron chi connectivity index (χ0n) is 11.2. The Bertz CT molecular complexity index is 582. The van der Waals surface area contributed by atoms with Gasteiger partial charge in [0.2, 0.25) is 0 Å². The molecule has 1 heterocycles. The number of benzene rings is 1. The van der Waals surface area contributed by atoms with Crippen molar-refractivity contribution in [1.82, 2.24) is 10.3 Å². The van der Waals surface area contributed by atoms with Crippen LogP contribution in [-0.4, -0.2) is 27.2 Å². The number of hydrogen-bond donors (Lipinski definition) is 2. The quantitative estimate of drug-likeness (QED) is 0.805. The zero-order valence-corrected chi connectivity index (χ0v) is 12.8. The highest BCUT2D eigenvalue weighted by molar-refractivity contribution is 7.84. The fourth-order valence-corrected chi connectivity index (χ4v) is 2.62. The maximum Gasteiger partial charge on any atom is 0.0472 e. The van der Waals surface area contributed by atoms with Gasteiger partial charge in [0.25, 0.3) is 0 Å². The van der Waals surface area contributed by atoms with E-state index in [1.54, 1.807) is 6.26 Å². The number of aromatic nitrogens is 1. The van der Waals surface area contributed by atoms with Crippen LogP contribution in [0.25, 0.3) is 10.9 Å². The summed E-state index contributed by atoms with van der Waals surface area (Å²) >= 11 is 5.95. The lowest BCUT2D eigenvalue weighted by atomic mass is 10.2. The zero-order chi connectivity index (χ0) is 13.8. The molecule has 0 saturated heterocycles. The van der Waals surface area contributed by atoms with Crippen LogP contribution < -0.4 is 5.32 Å². The SMILES string of the molecule is CC(CCNCc1c[nH]c2cc(Cl)ccc12)S(C)=O. The molecule has 0 bridgehead atoms. The van der Waals surface area contributed by atoms with E-state index in [2.05, 4.69) is 10.3 Å². The van der Waals surface area contributed by atoms with Gasteiger partial charge in [-0.05, 0) is 30.7 Å². The topological polar surface area (TPSA) is 44.9 Å². The van der Waals surface area contributed by atoms with Gasteiger partial charge in [0, 0.05) is 51.0 Å². The summed E-state index contributed by atoms with van der Waals surface area (Å²) in [6.45, 7) is 3.71. The summed E-state index contributed by atoms with van der Waals surface area (Å²) in [5.74, 6) is 0. The van der Waals surface area contributed by atoms with Crippen molar-refractivity contribution in [2.45, 2.75) is 25.1 Å². The van der Waals surface area contributed by atoms with Gasteiger partial charge in [0.05, 0.1) is 0 Å². The molecule has 0 amide bonds. The molecule has 0 aliphatic rings. The second kappa shape index (κ2) is 6.55. The van der Waals surface area contributed by atoms with Crippen molar-refractivity contribution >= 4 is 33.3 Å². The molecule has 2 N–H and O–H groups in total. The summed E-state index contributed by atoms with van der Waals surface area (Å²) in [6, 6.07) is 5.88. The summed E-state index contributed by atoms with van der Waals surface area (Å²) in [4.78, 5) is 3.22. The van der Waals surface area contributed by atoms with Gasteiger partial charge in [-0.2, -0.15) is 0 Å². The Labute approximate surface area is 121 Å². The first kappa shape index (κ1) is 14.6. The molecular formula is C14H19ClN2OS. The fraction of sp³-hybridized carbons (Fsp3) is 0.429. The highest BCUT2D eigenvalue weighted by Crippen LogP contribution is 2.21. The summed E-state index contributed by atoms with van der Waals surface area (Å²) in [7, 11) is -0.736. The second-order valence-electron chi connectivity index (χ2n) is 4.78. The maximum absolute atomic E-state index is 11.2. The molecule has 0 radical (unpaired) electrons. The van der Waals surface area contributed by atoms with Crippen LogP contribution in [0.15, 0.2) is 24.4 Å². The molecule has 19 heavy (non-hydrogen) atoms. The molecule has 0 aliphatic heterocycles. The highest BCUT2D eigenvalue weighted by Gasteiger charge is 2.06. The first-order chi connectivity index (χ1) is 9.08. The van der Waals surface area contributed by atoms with E-state index in [1.807, 2.05) is 31.3 Å². The van der Waals surface area contributed by atoms with Crippen LogP contribution in [0.2, 0.25) is 5.02 Å². The third-order valence-electron chi connectivity index (χ3n) is 3.34. The van der Waals surface area contributed by atoms with Crippen LogP contribution in [0, 0.1) is 0 Å². The predicted octanol–water partition coefficient (Wildman–Crippen LogP) is 3.07. The Morgan fingerprint density at radius 1 is 1.47 bits per heavy atom. The van der Waals surface area contributed by atoms with E-state index in [9.17, 15) is 4.21 Å². The standard InChI is InChI=1S/C14H19ClN2OS/c1-10(19(2)18)5-6-16-8-11-9-17-14-7-12(15)3-4-13(11)14/h3-4,7,9-10,16-17H,5-6,8H2,1-2H3. The molecule has 5 heteroatoms. The van der Waals surface area contributed by atoms with Crippen molar-refractivity contribution in [1.29, 1.82) is 0 Å². The molecule has 104 valence electrons. The first-order valence-electron chi connectivity index (χ1n) is 6.36. The largest absolute Gasteiger partial charge is 0.361 e. The number of rotatable bonds is 6. The van der Waals surface area contributed by atoms with Crippen LogP contribution in [0.4, 0.5) is 0 Å². The first-order valence-corrected chi connectivity index (χ1v) is 8.36. The van der Waals surface area contributed by atoms with Gasteiger partial charge in [-0.1, -0.05) is 24.6 Å². The molecule has 2 aromatic rings. The van der Waals surface area contributed by atoms with E-state index in [-0.39, 0.29) is 5.25 Å². The summed E-state index contributed by atoms with van der Waals surface area (Å²) in [5.41, 5.74) is 2.30. The molecule has 2 rings (SSSR count). The van der Waals surface area contributed by atoms with E-state index in [0.29, 0.717) is 0 Å². The van der Waals surface area contributed by atoms with E-state index in [4.69, 9.17) is 11.6 Å². The van der Waals surface area contributed by atoms with E-state index in [0.717, 1.165) is 30.0 Å². The van der Waals surface area contributed by atoms with Crippen molar-refractivity contribution in [3.05, 3.63) is 35.0 Å². The van der Waals surface area contributed by atoms with Crippen LogP contribution in [0.1, 0.15) is 18.9 Å². The van der Waals surface area contributed by atoms with Gasteiger partial charge in [0.15, 0.2) is 0 Å². The van der Waals surface area contributed by atoms with Crippen LogP contribution in [0.5, 0.6) is 0 Å². The van der Waals surface area contributed by atoms with Crippen molar-refractivity contribution in [2.75, 3.05) is 12.8 Å². The number of aromatic amines is 1. The van der Waals surface area contributed by atoms with Gasteiger partial charge in [-0.15, -0.1) is 0 Å². The van der Waals surface area contributed by atoms with Crippen LogP contribution in [-0.2, 0) is 17.3 Å². The number of nitrogens with one attached hydrogen (secondary N) is 2. The average molecular weight is 299 g/mol. The Balaban J connectivity index is 1.90. The summed E-state index contributed by atoms with van der Waals surface area (Å²) < 4.78 is 11.2. The fourth-order valence-electron chi connectivity index (χ4n) is 2.00. The molecular weight excluding hydrogens is 280 g/mol. The lowest BCUT2D eigenvalue weighted by Crippen LogP contribution is -2.20. The summed E-state index contributed by atoms with van der Waals surface area (Å²) in [6.07, 6.45) is 4.70. The number of halogens is 1. The van der Waals surface area contributed by atoms with Crippen LogP contribution >= 0.6 is 11.6 Å². The van der Waals surface area contributed by atoms with E-state index in [1.165, 1.54) is 10.9 Å². The molecule has 0 spiro atoms. The molecule has 0 aliphatic carbocycles. The molecule has 0 saturated carbocycles. The normalized spacial score (nSPS) is 14.7. The number of H-pyrrole nitrogens is 1. The molecule has 1 aromatic heterocycles. The monoisotopic (exact) mass is 298 g/mol. The lowest BCUT2D eigenvalue weighted by Gasteiger charge is -2.08. The third kappa shape index (κ3) is 3.81. The van der Waals surface area contributed by atoms with Gasteiger partial charge in [-0.3, -0.25) is 4.21 Å². The van der Waals surface area contributed by atoms with Gasteiger partial charge in [-0.25, -0.2) is 0 Å². The third-order valence-corrected chi connectivity index (χ3v) is 4.94. The van der Waals surface area contributed by atoms with Crippen molar-refractivity contribution in [2.24, 2.45) is 0 Å². The molecule has 2 unspecified atom stereocenters. The highest BCUT2D eigenvalue weighted by atomic mass is 35.5. The van der Waals surface area contributed by atoms with Crippen molar-refractivity contribution < 1.29 is 4.21 Å². The Morgan fingerprint density at radius 3 is 3.00 bits per heavy atom. The lowest BCUT2D eigenvalue weighted by molar-refractivity contribution is 0.630. The van der Waals surface area contributed by atoms with E-state index >= 15 is 0 Å². The van der Waals surface area contributed by atoms with Crippen molar-refractivity contribution in [3.8, 4) is 0 Å². The van der Waals surface area contributed by atoms with Gasteiger partial charge >= 0.3 is 0 Å². The van der Waals surface area contributed by atoms with Gasteiger partial charge < -0.3 is 10.3 Å². The Hall–Kier alpha value is -0.840. The predicted molar refractivity (Wildman–Crippen MR) is 83.2 cm³/mol.